The van der Waals surface area contributed by atoms with Gasteiger partial charge in [-0.3, -0.25) is 14.6 Å². The van der Waals surface area contributed by atoms with E-state index < -0.39 is 0 Å². The standard InChI is InChI=1S/C25H21N3O5/c1-26-25(30)21-15-20(12-13-27-21)32-18-8-6-17(7-9-18)28-23(29)11-10-19-14-16-4-3-5-22(31-2)24(16)33-19/h3-15H,1-2H3,(H,26,30)(H,28,29). The number of carbonyl (C=O) groups is 2. The third-order valence-electron chi connectivity index (χ3n) is 4.69. The molecular weight excluding hydrogens is 422 g/mol. The number of pyridine rings is 1. The Kier molecular flexibility index (Phi) is 6.36. The number of nitrogens with one attached hydrogen (secondary N) is 2. The first kappa shape index (κ1) is 21.6. The molecule has 33 heavy (non-hydrogen) atoms. The molecule has 166 valence electrons. The molecule has 0 aliphatic rings. The lowest BCUT2D eigenvalue weighted by atomic mass is 10.2. The summed E-state index contributed by atoms with van der Waals surface area (Å²) in [5.74, 6) is 1.60. The summed E-state index contributed by atoms with van der Waals surface area (Å²) in [6, 6.07) is 17.5. The number of furan rings is 1. The fourth-order valence-corrected chi connectivity index (χ4v) is 3.11. The molecule has 2 N–H and O–H groups in total. The van der Waals surface area contributed by atoms with Crippen LogP contribution in [0, 0.1) is 0 Å². The van der Waals surface area contributed by atoms with Gasteiger partial charge in [0, 0.05) is 36.5 Å². The fourth-order valence-electron chi connectivity index (χ4n) is 3.11. The monoisotopic (exact) mass is 443 g/mol. The summed E-state index contributed by atoms with van der Waals surface area (Å²) in [6.45, 7) is 0. The number of methoxy groups -OCH3 is 1. The van der Waals surface area contributed by atoms with Gasteiger partial charge >= 0.3 is 0 Å². The van der Waals surface area contributed by atoms with Gasteiger partial charge in [-0.2, -0.15) is 0 Å². The number of aromatic nitrogens is 1. The van der Waals surface area contributed by atoms with E-state index in [9.17, 15) is 9.59 Å². The van der Waals surface area contributed by atoms with Crippen molar-refractivity contribution in [3.63, 3.8) is 0 Å². The van der Waals surface area contributed by atoms with Crippen molar-refractivity contribution >= 4 is 34.5 Å². The van der Waals surface area contributed by atoms with E-state index >= 15 is 0 Å². The molecule has 0 aliphatic heterocycles. The summed E-state index contributed by atoms with van der Waals surface area (Å²) >= 11 is 0. The molecule has 0 unspecified atom stereocenters. The second-order valence-corrected chi connectivity index (χ2v) is 6.93. The quantitative estimate of drug-likeness (QED) is 0.404. The van der Waals surface area contributed by atoms with Gasteiger partial charge in [-0.1, -0.05) is 12.1 Å². The van der Waals surface area contributed by atoms with Crippen molar-refractivity contribution in [2.24, 2.45) is 0 Å². The van der Waals surface area contributed by atoms with Crippen molar-refractivity contribution in [2.45, 2.75) is 0 Å². The van der Waals surface area contributed by atoms with Crippen LogP contribution in [0.2, 0.25) is 0 Å². The van der Waals surface area contributed by atoms with E-state index in [1.807, 2.05) is 24.3 Å². The lowest BCUT2D eigenvalue weighted by molar-refractivity contribution is -0.111. The van der Waals surface area contributed by atoms with Gasteiger partial charge in [0.15, 0.2) is 11.3 Å². The van der Waals surface area contributed by atoms with Gasteiger partial charge in [0.1, 0.15) is 23.0 Å². The summed E-state index contributed by atoms with van der Waals surface area (Å²) in [5.41, 5.74) is 1.49. The number of hydrogen-bond donors (Lipinski definition) is 2. The molecule has 8 heteroatoms. The van der Waals surface area contributed by atoms with Crippen molar-refractivity contribution < 1.29 is 23.5 Å². The van der Waals surface area contributed by atoms with Crippen LogP contribution in [0.1, 0.15) is 16.2 Å². The zero-order valence-corrected chi connectivity index (χ0v) is 18.0. The molecule has 2 aromatic carbocycles. The summed E-state index contributed by atoms with van der Waals surface area (Å²) in [4.78, 5) is 28.0. The maximum atomic E-state index is 12.3. The Morgan fingerprint density at radius 2 is 1.85 bits per heavy atom. The van der Waals surface area contributed by atoms with Crippen molar-refractivity contribution in [3.05, 3.63) is 84.4 Å². The van der Waals surface area contributed by atoms with E-state index in [-0.39, 0.29) is 17.5 Å². The Morgan fingerprint density at radius 3 is 2.61 bits per heavy atom. The lowest BCUT2D eigenvalue weighted by Crippen LogP contribution is -2.18. The number of carbonyl (C=O) groups excluding carboxylic acids is 2. The molecule has 0 saturated heterocycles. The first-order valence-electron chi connectivity index (χ1n) is 10.1. The number of amides is 2. The molecule has 0 saturated carbocycles. The Bertz CT molecular complexity index is 1330. The molecule has 0 atom stereocenters. The van der Waals surface area contributed by atoms with Crippen LogP contribution in [-0.2, 0) is 4.79 Å². The lowest BCUT2D eigenvalue weighted by Gasteiger charge is -2.08. The Labute approximate surface area is 189 Å². The van der Waals surface area contributed by atoms with E-state index in [0.717, 1.165) is 5.39 Å². The van der Waals surface area contributed by atoms with E-state index in [0.29, 0.717) is 34.3 Å². The van der Waals surface area contributed by atoms with Crippen molar-refractivity contribution in [1.29, 1.82) is 0 Å². The van der Waals surface area contributed by atoms with E-state index in [1.54, 1.807) is 49.6 Å². The highest BCUT2D eigenvalue weighted by atomic mass is 16.5. The van der Waals surface area contributed by atoms with Crippen LogP contribution in [0.5, 0.6) is 17.2 Å². The van der Waals surface area contributed by atoms with Gasteiger partial charge in [-0.15, -0.1) is 0 Å². The summed E-state index contributed by atoms with van der Waals surface area (Å²) < 4.78 is 16.8. The third-order valence-corrected chi connectivity index (χ3v) is 4.69. The second kappa shape index (κ2) is 9.69. The minimum atomic E-state index is -0.305. The van der Waals surface area contributed by atoms with Crippen LogP contribution in [0.25, 0.3) is 17.0 Å². The maximum Gasteiger partial charge on any atom is 0.269 e. The van der Waals surface area contributed by atoms with Gasteiger partial charge in [0.05, 0.1) is 7.11 Å². The van der Waals surface area contributed by atoms with Crippen LogP contribution in [-0.4, -0.2) is 31.0 Å². The number of benzene rings is 2. The molecule has 2 amide bonds. The topological polar surface area (TPSA) is 103 Å². The van der Waals surface area contributed by atoms with E-state index in [1.165, 1.54) is 19.3 Å². The zero-order valence-electron chi connectivity index (χ0n) is 18.0. The molecule has 0 radical (unpaired) electrons. The number of fused-ring (bicyclic) bond motifs is 1. The predicted octanol–water partition coefficient (Wildman–Crippen LogP) is 4.64. The second-order valence-electron chi connectivity index (χ2n) is 6.93. The Morgan fingerprint density at radius 1 is 1.03 bits per heavy atom. The van der Waals surface area contributed by atoms with Gasteiger partial charge in [0.25, 0.3) is 5.91 Å². The van der Waals surface area contributed by atoms with E-state index in [4.69, 9.17) is 13.9 Å². The van der Waals surface area contributed by atoms with Gasteiger partial charge in [0.2, 0.25) is 5.91 Å². The maximum absolute atomic E-state index is 12.3. The molecule has 4 rings (SSSR count). The molecule has 0 aliphatic carbocycles. The predicted molar refractivity (Wildman–Crippen MR) is 125 cm³/mol. The average molecular weight is 443 g/mol. The minimum absolute atomic E-state index is 0.258. The zero-order chi connectivity index (χ0) is 23.2. The molecule has 8 nitrogen and oxygen atoms in total. The number of hydrogen-bond acceptors (Lipinski definition) is 6. The van der Waals surface area contributed by atoms with Crippen molar-refractivity contribution in [2.75, 3.05) is 19.5 Å². The highest BCUT2D eigenvalue weighted by molar-refractivity contribution is 6.02. The molecular formula is C25H21N3O5. The average Bonchev–Trinajstić information content (AvgIpc) is 3.27. The highest BCUT2D eigenvalue weighted by Crippen LogP contribution is 2.29. The number of ether oxygens (including phenoxy) is 2. The van der Waals surface area contributed by atoms with Gasteiger partial charge in [-0.05, 0) is 48.5 Å². The molecule has 0 spiro atoms. The third kappa shape index (κ3) is 5.19. The van der Waals surface area contributed by atoms with Crippen LogP contribution in [0.3, 0.4) is 0 Å². The smallest absolute Gasteiger partial charge is 0.269 e. The summed E-state index contributed by atoms with van der Waals surface area (Å²) in [6.07, 6.45) is 4.49. The molecule has 4 aromatic rings. The first-order chi connectivity index (χ1) is 16.1. The van der Waals surface area contributed by atoms with Crippen LogP contribution in [0.15, 0.2) is 77.4 Å². The molecule has 2 heterocycles. The Balaban J connectivity index is 1.38. The Hall–Kier alpha value is -4.59. The van der Waals surface area contributed by atoms with Gasteiger partial charge in [-0.25, -0.2) is 0 Å². The van der Waals surface area contributed by atoms with E-state index in [2.05, 4.69) is 15.6 Å². The summed E-state index contributed by atoms with van der Waals surface area (Å²) in [7, 11) is 3.11. The minimum Gasteiger partial charge on any atom is -0.493 e. The first-order valence-corrected chi connectivity index (χ1v) is 10.1. The van der Waals surface area contributed by atoms with Crippen LogP contribution >= 0.6 is 0 Å². The van der Waals surface area contributed by atoms with Crippen molar-refractivity contribution in [3.8, 4) is 17.2 Å². The number of rotatable bonds is 7. The van der Waals surface area contributed by atoms with Crippen molar-refractivity contribution in [1.82, 2.24) is 10.3 Å². The van der Waals surface area contributed by atoms with Gasteiger partial charge < -0.3 is 24.5 Å². The molecule has 0 fully saturated rings. The molecule has 0 bridgehead atoms. The number of para-hydroxylation sites is 1. The number of anilines is 1. The largest absolute Gasteiger partial charge is 0.493 e. The fraction of sp³-hybridized carbons (Fsp3) is 0.0800. The number of nitrogens with zero attached hydrogens (tertiary/aromatic N) is 1. The summed E-state index contributed by atoms with van der Waals surface area (Å²) in [5, 5.41) is 6.19. The molecule has 2 aromatic heterocycles. The SMILES string of the molecule is CNC(=O)c1cc(Oc2ccc(NC(=O)C=Cc3cc4cccc(OC)c4o3)cc2)ccn1. The highest BCUT2D eigenvalue weighted by Gasteiger charge is 2.08. The normalized spacial score (nSPS) is 10.8. The van der Waals surface area contributed by atoms with Crippen LogP contribution in [0.4, 0.5) is 5.69 Å². The van der Waals surface area contributed by atoms with Crippen LogP contribution < -0.4 is 20.1 Å².